The molecule has 0 spiro atoms. The number of rotatable bonds is 4. The Bertz CT molecular complexity index is 748. The highest BCUT2D eigenvalue weighted by Gasteiger charge is 2.15. The topological polar surface area (TPSA) is 55.5 Å². The van der Waals surface area contributed by atoms with Gasteiger partial charge in [-0.3, -0.25) is 4.90 Å². The number of fused-ring (bicyclic) bond motifs is 1. The Balaban J connectivity index is 1.53. The minimum Gasteiger partial charge on any atom is -0.379 e. The van der Waals surface area contributed by atoms with E-state index in [-0.39, 0.29) is 0 Å². The molecule has 1 aliphatic rings. The fraction of sp³-hybridized carbons (Fsp3) is 0.400. The van der Waals surface area contributed by atoms with Crippen molar-refractivity contribution < 1.29 is 4.74 Å². The highest BCUT2D eigenvalue weighted by Crippen LogP contribution is 2.25. The largest absolute Gasteiger partial charge is 0.379 e. The minimum atomic E-state index is 0.824. The summed E-state index contributed by atoms with van der Waals surface area (Å²) in [6.07, 6.45) is 0.860. The summed E-state index contributed by atoms with van der Waals surface area (Å²) in [4.78, 5) is 3.26. The standard InChI is InChI=1S/C15H17N5OS/c1-2-4-12(5-3-1)14-18-20-13(16-17-15(20)22-14)6-7-19-8-10-21-11-9-19/h1-5H,6-11H2. The summed E-state index contributed by atoms with van der Waals surface area (Å²) < 4.78 is 7.26. The van der Waals surface area contributed by atoms with Crippen molar-refractivity contribution in [3.05, 3.63) is 36.2 Å². The van der Waals surface area contributed by atoms with Crippen LogP contribution in [0.5, 0.6) is 0 Å². The molecule has 0 atom stereocenters. The number of aromatic nitrogens is 4. The molecule has 0 bridgehead atoms. The Labute approximate surface area is 132 Å². The maximum absolute atomic E-state index is 5.37. The lowest BCUT2D eigenvalue weighted by Crippen LogP contribution is -2.37. The SMILES string of the molecule is c1ccc(-c2nn3c(CCN4CCOCC4)nnc3s2)cc1. The van der Waals surface area contributed by atoms with Crippen molar-refractivity contribution in [2.75, 3.05) is 32.8 Å². The van der Waals surface area contributed by atoms with Gasteiger partial charge in [0.25, 0.3) is 0 Å². The number of morpholine rings is 1. The Morgan fingerprint density at radius 3 is 2.73 bits per heavy atom. The van der Waals surface area contributed by atoms with E-state index in [4.69, 9.17) is 4.74 Å². The van der Waals surface area contributed by atoms with Crippen molar-refractivity contribution in [3.63, 3.8) is 0 Å². The quantitative estimate of drug-likeness (QED) is 0.734. The third-order valence-electron chi connectivity index (χ3n) is 3.83. The molecule has 4 rings (SSSR count). The number of ether oxygens (including phenoxy) is 1. The third kappa shape index (κ3) is 2.75. The van der Waals surface area contributed by atoms with E-state index in [2.05, 4.69) is 32.3 Å². The summed E-state index contributed by atoms with van der Waals surface area (Å²) in [7, 11) is 0. The number of nitrogens with zero attached hydrogens (tertiary/aromatic N) is 5. The maximum Gasteiger partial charge on any atom is 0.234 e. The van der Waals surface area contributed by atoms with Crippen LogP contribution in [0.2, 0.25) is 0 Å². The van der Waals surface area contributed by atoms with Gasteiger partial charge in [-0.1, -0.05) is 41.7 Å². The van der Waals surface area contributed by atoms with E-state index in [9.17, 15) is 0 Å². The molecule has 0 aliphatic carbocycles. The molecule has 1 saturated heterocycles. The van der Waals surface area contributed by atoms with Gasteiger partial charge in [0.05, 0.1) is 13.2 Å². The summed E-state index contributed by atoms with van der Waals surface area (Å²) in [5, 5.41) is 14.2. The van der Waals surface area contributed by atoms with Crippen LogP contribution in [0.4, 0.5) is 0 Å². The zero-order chi connectivity index (χ0) is 14.8. The predicted molar refractivity (Wildman–Crippen MR) is 85.1 cm³/mol. The van der Waals surface area contributed by atoms with Crippen LogP contribution in [0.1, 0.15) is 5.82 Å². The van der Waals surface area contributed by atoms with Gasteiger partial charge >= 0.3 is 0 Å². The molecule has 1 fully saturated rings. The first-order valence-corrected chi connectivity index (χ1v) is 8.28. The van der Waals surface area contributed by atoms with E-state index >= 15 is 0 Å². The van der Waals surface area contributed by atoms with E-state index in [0.29, 0.717) is 0 Å². The normalized spacial score (nSPS) is 16.4. The van der Waals surface area contributed by atoms with Crippen LogP contribution in [0, 0.1) is 0 Å². The van der Waals surface area contributed by atoms with Crippen LogP contribution >= 0.6 is 11.3 Å². The lowest BCUT2D eigenvalue weighted by molar-refractivity contribution is 0.0382. The molecule has 1 aromatic carbocycles. The van der Waals surface area contributed by atoms with Crippen LogP contribution < -0.4 is 0 Å². The molecule has 2 aromatic heterocycles. The third-order valence-corrected chi connectivity index (χ3v) is 4.78. The van der Waals surface area contributed by atoms with Gasteiger partial charge in [-0.15, -0.1) is 10.2 Å². The van der Waals surface area contributed by atoms with E-state index in [0.717, 1.165) is 60.6 Å². The molecule has 7 heteroatoms. The second-order valence-electron chi connectivity index (χ2n) is 5.29. The molecule has 0 N–H and O–H groups in total. The van der Waals surface area contributed by atoms with E-state index in [1.807, 2.05) is 22.7 Å². The Kier molecular flexibility index (Phi) is 3.84. The summed E-state index contributed by atoms with van der Waals surface area (Å²) in [5.41, 5.74) is 1.12. The highest BCUT2D eigenvalue weighted by atomic mass is 32.1. The van der Waals surface area contributed by atoms with Crippen molar-refractivity contribution >= 4 is 16.3 Å². The molecule has 0 saturated carbocycles. The first kappa shape index (κ1) is 13.8. The predicted octanol–water partition coefficient (Wildman–Crippen LogP) is 1.73. The molecule has 1 aliphatic heterocycles. The Morgan fingerprint density at radius 1 is 1.09 bits per heavy atom. The second-order valence-corrected chi connectivity index (χ2v) is 6.24. The van der Waals surface area contributed by atoms with Crippen LogP contribution in [0.15, 0.2) is 30.3 Å². The lowest BCUT2D eigenvalue weighted by Gasteiger charge is -2.25. The van der Waals surface area contributed by atoms with Gasteiger partial charge < -0.3 is 4.74 Å². The van der Waals surface area contributed by atoms with Gasteiger partial charge in [-0.25, -0.2) is 0 Å². The molecular formula is C15H17N5OS. The summed E-state index contributed by atoms with van der Waals surface area (Å²) in [6.45, 7) is 4.61. The molecule has 0 radical (unpaired) electrons. The fourth-order valence-corrected chi connectivity index (χ4v) is 3.46. The van der Waals surface area contributed by atoms with Gasteiger partial charge in [-0.2, -0.15) is 9.61 Å². The van der Waals surface area contributed by atoms with Crippen LogP contribution in [-0.4, -0.2) is 57.6 Å². The van der Waals surface area contributed by atoms with Gasteiger partial charge in [-0.05, 0) is 0 Å². The molecule has 3 heterocycles. The van der Waals surface area contributed by atoms with Gasteiger partial charge in [0.1, 0.15) is 5.01 Å². The molecule has 6 nitrogen and oxygen atoms in total. The Morgan fingerprint density at radius 2 is 1.91 bits per heavy atom. The van der Waals surface area contributed by atoms with E-state index in [1.54, 1.807) is 11.3 Å². The molecule has 114 valence electrons. The summed E-state index contributed by atoms with van der Waals surface area (Å²) >= 11 is 1.58. The first-order chi connectivity index (χ1) is 10.9. The molecule has 0 amide bonds. The summed E-state index contributed by atoms with van der Waals surface area (Å²) in [6, 6.07) is 10.2. The molecular weight excluding hydrogens is 298 g/mol. The zero-order valence-electron chi connectivity index (χ0n) is 12.2. The molecule has 22 heavy (non-hydrogen) atoms. The van der Waals surface area contributed by atoms with Crippen molar-refractivity contribution in [1.82, 2.24) is 24.7 Å². The van der Waals surface area contributed by atoms with E-state index < -0.39 is 0 Å². The average molecular weight is 315 g/mol. The molecule has 3 aromatic rings. The number of hydrogen-bond donors (Lipinski definition) is 0. The van der Waals surface area contributed by atoms with Crippen molar-refractivity contribution in [2.24, 2.45) is 0 Å². The lowest BCUT2D eigenvalue weighted by atomic mass is 10.2. The average Bonchev–Trinajstić information content (AvgIpc) is 3.16. The number of hydrogen-bond acceptors (Lipinski definition) is 6. The Hall–Kier alpha value is -1.83. The van der Waals surface area contributed by atoms with Crippen molar-refractivity contribution in [3.8, 4) is 10.6 Å². The van der Waals surface area contributed by atoms with Crippen LogP contribution in [-0.2, 0) is 11.2 Å². The highest BCUT2D eigenvalue weighted by molar-refractivity contribution is 7.19. The summed E-state index contributed by atoms with van der Waals surface area (Å²) in [5.74, 6) is 0.930. The van der Waals surface area contributed by atoms with Gasteiger partial charge in [0.2, 0.25) is 4.96 Å². The van der Waals surface area contributed by atoms with E-state index in [1.165, 1.54) is 0 Å². The minimum absolute atomic E-state index is 0.824. The van der Waals surface area contributed by atoms with Crippen LogP contribution in [0.25, 0.3) is 15.5 Å². The smallest absolute Gasteiger partial charge is 0.234 e. The monoisotopic (exact) mass is 315 g/mol. The van der Waals surface area contributed by atoms with Gasteiger partial charge in [0.15, 0.2) is 5.82 Å². The fourth-order valence-electron chi connectivity index (χ4n) is 2.59. The van der Waals surface area contributed by atoms with Crippen molar-refractivity contribution in [1.29, 1.82) is 0 Å². The first-order valence-electron chi connectivity index (χ1n) is 7.47. The van der Waals surface area contributed by atoms with Crippen LogP contribution in [0.3, 0.4) is 0 Å². The number of benzene rings is 1. The molecule has 0 unspecified atom stereocenters. The van der Waals surface area contributed by atoms with Crippen molar-refractivity contribution in [2.45, 2.75) is 6.42 Å². The van der Waals surface area contributed by atoms with Gasteiger partial charge in [0, 0.05) is 31.6 Å². The second kappa shape index (κ2) is 6.12. The zero-order valence-corrected chi connectivity index (χ0v) is 13.0. The maximum atomic E-state index is 5.37.